The molecule has 2 aromatic rings. The van der Waals surface area contributed by atoms with Gasteiger partial charge in [0.15, 0.2) is 0 Å². The third kappa shape index (κ3) is 2.68. The van der Waals surface area contributed by atoms with Crippen LogP contribution < -0.4 is 10.1 Å². The second-order valence-corrected chi connectivity index (χ2v) is 3.88. The lowest BCUT2D eigenvalue weighted by Gasteiger charge is -2.13. The number of rotatable bonds is 4. The number of benzene rings is 1. The van der Waals surface area contributed by atoms with Crippen LogP contribution in [0.2, 0.25) is 0 Å². The highest BCUT2D eigenvalue weighted by atomic mass is 16.5. The van der Waals surface area contributed by atoms with E-state index < -0.39 is 0 Å². The van der Waals surface area contributed by atoms with Gasteiger partial charge in [0, 0.05) is 24.1 Å². The molecule has 5 nitrogen and oxygen atoms in total. The molecule has 0 spiro atoms. The van der Waals surface area contributed by atoms with Gasteiger partial charge in [-0.3, -0.25) is 9.48 Å². The van der Waals surface area contributed by atoms with Gasteiger partial charge in [-0.1, -0.05) is 6.07 Å². The lowest BCUT2D eigenvalue weighted by atomic mass is 10.2. The van der Waals surface area contributed by atoms with E-state index in [4.69, 9.17) is 4.74 Å². The average molecular weight is 245 g/mol. The molecule has 0 saturated heterocycles. The van der Waals surface area contributed by atoms with E-state index in [-0.39, 0.29) is 11.9 Å². The molecule has 1 heterocycles. The van der Waals surface area contributed by atoms with Crippen molar-refractivity contribution < 1.29 is 9.53 Å². The van der Waals surface area contributed by atoms with Gasteiger partial charge in [0.05, 0.1) is 7.11 Å². The van der Waals surface area contributed by atoms with Crippen LogP contribution in [0.15, 0.2) is 42.7 Å². The van der Waals surface area contributed by atoms with E-state index in [1.807, 2.05) is 18.2 Å². The summed E-state index contributed by atoms with van der Waals surface area (Å²) in [5.41, 5.74) is 0.707. The van der Waals surface area contributed by atoms with E-state index in [1.54, 1.807) is 43.2 Å². The molecule has 0 aliphatic heterocycles. The van der Waals surface area contributed by atoms with Crippen molar-refractivity contribution in [3.05, 3.63) is 42.7 Å². The summed E-state index contributed by atoms with van der Waals surface area (Å²) in [5.74, 6) is 0.589. The zero-order valence-corrected chi connectivity index (χ0v) is 10.3. The van der Waals surface area contributed by atoms with Crippen LogP contribution in [0.1, 0.15) is 13.0 Å². The Hall–Kier alpha value is -2.30. The van der Waals surface area contributed by atoms with Gasteiger partial charge in [-0.15, -0.1) is 0 Å². The largest absolute Gasteiger partial charge is 0.497 e. The maximum Gasteiger partial charge on any atom is 0.248 e. The van der Waals surface area contributed by atoms with Crippen LogP contribution in [0.3, 0.4) is 0 Å². The predicted molar refractivity (Wildman–Crippen MR) is 68.6 cm³/mol. The molecular weight excluding hydrogens is 230 g/mol. The number of hydrogen-bond donors (Lipinski definition) is 1. The summed E-state index contributed by atoms with van der Waals surface area (Å²) in [7, 11) is 1.59. The molecular formula is C13H15N3O2. The highest BCUT2D eigenvalue weighted by Crippen LogP contribution is 2.18. The van der Waals surface area contributed by atoms with E-state index in [2.05, 4.69) is 10.4 Å². The highest BCUT2D eigenvalue weighted by molar-refractivity contribution is 5.93. The van der Waals surface area contributed by atoms with E-state index in [9.17, 15) is 4.79 Å². The van der Waals surface area contributed by atoms with Crippen LogP contribution in [-0.2, 0) is 4.79 Å². The Labute approximate surface area is 105 Å². The Morgan fingerprint density at radius 3 is 2.94 bits per heavy atom. The average Bonchev–Trinajstić information content (AvgIpc) is 2.92. The number of amides is 1. The maximum atomic E-state index is 12.0. The van der Waals surface area contributed by atoms with Crippen molar-refractivity contribution in [2.45, 2.75) is 13.0 Å². The van der Waals surface area contributed by atoms with Crippen molar-refractivity contribution in [3.63, 3.8) is 0 Å². The third-order valence-corrected chi connectivity index (χ3v) is 2.64. The minimum absolute atomic E-state index is 0.119. The molecule has 0 aliphatic rings. The summed E-state index contributed by atoms with van der Waals surface area (Å²) < 4.78 is 6.71. The first-order chi connectivity index (χ1) is 8.70. The van der Waals surface area contributed by atoms with Gasteiger partial charge >= 0.3 is 0 Å². The molecule has 5 heteroatoms. The first kappa shape index (κ1) is 12.2. The van der Waals surface area contributed by atoms with Crippen molar-refractivity contribution in [2.24, 2.45) is 0 Å². The fourth-order valence-electron chi connectivity index (χ4n) is 1.58. The van der Waals surface area contributed by atoms with Crippen molar-refractivity contribution in [1.29, 1.82) is 0 Å². The number of methoxy groups -OCH3 is 1. The van der Waals surface area contributed by atoms with Gasteiger partial charge in [-0.2, -0.15) is 5.10 Å². The SMILES string of the molecule is COc1cccc(NC(=O)C(C)n2cccn2)c1. The Kier molecular flexibility index (Phi) is 3.62. The summed E-state index contributed by atoms with van der Waals surface area (Å²) in [4.78, 5) is 12.0. The van der Waals surface area contributed by atoms with Gasteiger partial charge < -0.3 is 10.1 Å². The molecule has 0 fully saturated rings. The number of ether oxygens (including phenoxy) is 1. The number of carbonyl (C=O) groups excluding carboxylic acids is 1. The number of aromatic nitrogens is 2. The fourth-order valence-corrected chi connectivity index (χ4v) is 1.58. The van der Waals surface area contributed by atoms with Gasteiger partial charge in [-0.05, 0) is 25.1 Å². The van der Waals surface area contributed by atoms with Crippen LogP contribution in [0, 0.1) is 0 Å². The Morgan fingerprint density at radius 1 is 1.44 bits per heavy atom. The second-order valence-electron chi connectivity index (χ2n) is 3.88. The van der Waals surface area contributed by atoms with E-state index in [1.165, 1.54) is 0 Å². The minimum atomic E-state index is -0.355. The summed E-state index contributed by atoms with van der Waals surface area (Å²) in [6.07, 6.45) is 3.41. The molecule has 94 valence electrons. The van der Waals surface area contributed by atoms with Gasteiger partial charge in [-0.25, -0.2) is 0 Å². The predicted octanol–water partition coefficient (Wildman–Crippen LogP) is 2.09. The minimum Gasteiger partial charge on any atom is -0.497 e. The monoisotopic (exact) mass is 245 g/mol. The number of hydrogen-bond acceptors (Lipinski definition) is 3. The molecule has 1 aromatic heterocycles. The summed E-state index contributed by atoms with van der Waals surface area (Å²) in [6.45, 7) is 1.79. The first-order valence-corrected chi connectivity index (χ1v) is 5.65. The summed E-state index contributed by atoms with van der Waals surface area (Å²) in [5, 5.41) is 6.87. The number of anilines is 1. The third-order valence-electron chi connectivity index (χ3n) is 2.64. The molecule has 1 amide bonds. The molecule has 0 radical (unpaired) electrons. The quantitative estimate of drug-likeness (QED) is 0.897. The molecule has 1 N–H and O–H groups in total. The zero-order chi connectivity index (χ0) is 13.0. The summed E-state index contributed by atoms with van der Waals surface area (Å²) in [6, 6.07) is 8.67. The lowest BCUT2D eigenvalue weighted by Crippen LogP contribution is -2.23. The molecule has 0 bridgehead atoms. The van der Waals surface area contributed by atoms with Crippen molar-refractivity contribution in [2.75, 3.05) is 12.4 Å². The van der Waals surface area contributed by atoms with Crippen LogP contribution in [0.25, 0.3) is 0 Å². The van der Waals surface area contributed by atoms with E-state index in [0.717, 1.165) is 0 Å². The van der Waals surface area contributed by atoms with Gasteiger partial charge in [0.1, 0.15) is 11.8 Å². The van der Waals surface area contributed by atoms with E-state index >= 15 is 0 Å². The first-order valence-electron chi connectivity index (χ1n) is 5.65. The van der Waals surface area contributed by atoms with Crippen molar-refractivity contribution >= 4 is 11.6 Å². The van der Waals surface area contributed by atoms with Crippen LogP contribution in [0.5, 0.6) is 5.75 Å². The zero-order valence-electron chi connectivity index (χ0n) is 10.3. The lowest BCUT2D eigenvalue weighted by molar-refractivity contribution is -0.119. The molecule has 0 aliphatic carbocycles. The highest BCUT2D eigenvalue weighted by Gasteiger charge is 2.14. The van der Waals surface area contributed by atoms with Crippen molar-refractivity contribution in [1.82, 2.24) is 9.78 Å². The van der Waals surface area contributed by atoms with Gasteiger partial charge in [0.2, 0.25) is 5.91 Å². The molecule has 2 rings (SSSR count). The second kappa shape index (κ2) is 5.35. The standard InChI is InChI=1S/C13H15N3O2/c1-10(16-8-4-7-14-16)13(17)15-11-5-3-6-12(9-11)18-2/h3-10H,1-2H3,(H,15,17). The Morgan fingerprint density at radius 2 is 2.28 bits per heavy atom. The molecule has 1 unspecified atom stereocenters. The molecule has 0 saturated carbocycles. The number of carbonyl (C=O) groups is 1. The normalized spacial score (nSPS) is 11.9. The number of nitrogens with zero attached hydrogens (tertiary/aromatic N) is 2. The molecule has 1 atom stereocenters. The van der Waals surface area contributed by atoms with Gasteiger partial charge in [0.25, 0.3) is 0 Å². The number of nitrogens with one attached hydrogen (secondary N) is 1. The van der Waals surface area contributed by atoms with Crippen LogP contribution in [0.4, 0.5) is 5.69 Å². The Bertz CT molecular complexity index is 523. The summed E-state index contributed by atoms with van der Waals surface area (Å²) >= 11 is 0. The van der Waals surface area contributed by atoms with Crippen molar-refractivity contribution in [3.8, 4) is 5.75 Å². The van der Waals surface area contributed by atoms with E-state index in [0.29, 0.717) is 11.4 Å². The topological polar surface area (TPSA) is 56.1 Å². The Balaban J connectivity index is 2.06. The smallest absolute Gasteiger partial charge is 0.248 e. The maximum absolute atomic E-state index is 12.0. The van der Waals surface area contributed by atoms with Crippen LogP contribution >= 0.6 is 0 Å². The molecule has 1 aromatic carbocycles. The van der Waals surface area contributed by atoms with Crippen LogP contribution in [-0.4, -0.2) is 22.8 Å². The fraction of sp³-hybridized carbons (Fsp3) is 0.231. The molecule has 18 heavy (non-hydrogen) atoms.